The van der Waals surface area contributed by atoms with Crippen LogP contribution in [0, 0.1) is 0 Å². The molecule has 0 aliphatic carbocycles. The lowest BCUT2D eigenvalue weighted by Gasteiger charge is -2.31. The number of rotatable bonds is 8. The maximum Gasteiger partial charge on any atom is 0.253 e. The molecule has 168 valence electrons. The lowest BCUT2D eigenvalue weighted by atomic mass is 10.1. The van der Waals surface area contributed by atoms with Crippen LogP contribution in [0.1, 0.15) is 62.2 Å². The van der Waals surface area contributed by atoms with E-state index in [1.165, 1.54) is 6.42 Å². The molecule has 0 aromatic heterocycles. The van der Waals surface area contributed by atoms with Crippen LogP contribution < -0.4 is 10.2 Å². The van der Waals surface area contributed by atoms with Gasteiger partial charge in [-0.05, 0) is 63.6 Å². The molecule has 3 rings (SSSR count). The number of ether oxygens (including phenoxy) is 1. The summed E-state index contributed by atoms with van der Waals surface area (Å²) in [7, 11) is -1.96. The Morgan fingerprint density at radius 3 is 2.33 bits per heavy atom. The predicted molar refractivity (Wildman–Crippen MR) is 119 cm³/mol. The van der Waals surface area contributed by atoms with Crippen molar-refractivity contribution in [3.8, 4) is 0 Å². The van der Waals surface area contributed by atoms with Crippen molar-refractivity contribution in [2.45, 2.75) is 62.8 Å². The van der Waals surface area contributed by atoms with E-state index in [2.05, 4.69) is 10.2 Å². The molecule has 2 saturated heterocycles. The zero-order chi connectivity index (χ0) is 21.6. The maximum atomic E-state index is 13.2. The number of carbonyl (C=O) groups is 1. The minimum absolute atomic E-state index is 0.0611. The normalized spacial score (nSPS) is 19.5. The van der Waals surface area contributed by atoms with E-state index in [0.29, 0.717) is 31.7 Å². The maximum absolute atomic E-state index is 13.2. The number of anilines is 1. The molecule has 0 spiro atoms. The van der Waals surface area contributed by atoms with Crippen molar-refractivity contribution in [3.63, 3.8) is 0 Å². The zero-order valence-corrected chi connectivity index (χ0v) is 19.0. The molecule has 30 heavy (non-hydrogen) atoms. The molecule has 1 unspecified atom stereocenters. The molecule has 2 fully saturated rings. The van der Waals surface area contributed by atoms with Crippen molar-refractivity contribution in [3.05, 3.63) is 23.8 Å². The Balaban J connectivity index is 1.91. The topological polar surface area (TPSA) is 78.9 Å². The first-order chi connectivity index (χ1) is 14.4. The van der Waals surface area contributed by atoms with Crippen molar-refractivity contribution in [1.82, 2.24) is 9.62 Å². The van der Waals surface area contributed by atoms with Gasteiger partial charge in [0.15, 0.2) is 0 Å². The van der Waals surface area contributed by atoms with Gasteiger partial charge in [0, 0.05) is 51.6 Å². The molecule has 1 amide bonds. The molecular formula is C22H35N3O4S. The number of piperidine rings is 2. The first-order valence-corrected chi connectivity index (χ1v) is 12.6. The van der Waals surface area contributed by atoms with Crippen LogP contribution in [0.15, 0.2) is 23.1 Å². The minimum Gasteiger partial charge on any atom is -0.385 e. The molecule has 0 saturated carbocycles. The van der Waals surface area contributed by atoms with Crippen molar-refractivity contribution < 1.29 is 17.9 Å². The van der Waals surface area contributed by atoms with Crippen LogP contribution in [0.25, 0.3) is 0 Å². The molecule has 0 bridgehead atoms. The molecule has 8 heteroatoms. The first kappa shape index (κ1) is 23.0. The Hall–Kier alpha value is -1.64. The quantitative estimate of drug-likeness (QED) is 0.676. The second-order valence-corrected chi connectivity index (χ2v) is 10.3. The van der Waals surface area contributed by atoms with E-state index in [-0.39, 0.29) is 16.8 Å². The Morgan fingerprint density at radius 2 is 1.70 bits per heavy atom. The van der Waals surface area contributed by atoms with Crippen molar-refractivity contribution in [2.24, 2.45) is 0 Å². The van der Waals surface area contributed by atoms with Gasteiger partial charge in [0.2, 0.25) is 10.0 Å². The molecule has 2 heterocycles. The highest BCUT2D eigenvalue weighted by Crippen LogP contribution is 2.29. The molecule has 1 atom stereocenters. The van der Waals surface area contributed by atoms with E-state index in [1.807, 2.05) is 13.0 Å². The molecule has 1 N–H and O–H groups in total. The van der Waals surface area contributed by atoms with Crippen LogP contribution in [0.2, 0.25) is 0 Å². The first-order valence-electron chi connectivity index (χ1n) is 11.1. The number of nitrogens with zero attached hydrogens (tertiary/aromatic N) is 2. The number of methoxy groups -OCH3 is 1. The Bertz CT molecular complexity index is 816. The van der Waals surface area contributed by atoms with Gasteiger partial charge in [-0.3, -0.25) is 4.79 Å². The van der Waals surface area contributed by atoms with Crippen LogP contribution in [-0.2, 0) is 14.8 Å². The van der Waals surface area contributed by atoms with Crippen molar-refractivity contribution in [2.75, 3.05) is 44.8 Å². The van der Waals surface area contributed by atoms with Gasteiger partial charge in [0.1, 0.15) is 0 Å². The second kappa shape index (κ2) is 10.6. The number of amides is 1. The van der Waals surface area contributed by atoms with Gasteiger partial charge >= 0.3 is 0 Å². The Kier molecular flexibility index (Phi) is 8.13. The molecule has 0 radical (unpaired) electrons. The second-order valence-electron chi connectivity index (χ2n) is 8.35. The standard InChI is InChI=1S/C22H35N3O4S/c1-18(11-16-29-2)23-22(26)20-17-19(30(27,28)25-14-7-4-8-15-25)9-10-21(20)24-12-5-3-6-13-24/h9-10,17-18H,3-8,11-16H2,1-2H3,(H,23,26). The summed E-state index contributed by atoms with van der Waals surface area (Å²) < 4.78 is 33.0. The third-order valence-electron chi connectivity index (χ3n) is 5.99. The van der Waals surface area contributed by atoms with Gasteiger partial charge in [-0.25, -0.2) is 8.42 Å². The Morgan fingerprint density at radius 1 is 1.07 bits per heavy atom. The fourth-order valence-corrected chi connectivity index (χ4v) is 5.73. The summed E-state index contributed by atoms with van der Waals surface area (Å²) in [4.78, 5) is 15.6. The summed E-state index contributed by atoms with van der Waals surface area (Å²) in [5.41, 5.74) is 1.27. The van der Waals surface area contributed by atoms with Crippen LogP contribution in [-0.4, -0.2) is 64.6 Å². The smallest absolute Gasteiger partial charge is 0.253 e. The van der Waals surface area contributed by atoms with Crippen LogP contribution in [0.4, 0.5) is 5.69 Å². The fraction of sp³-hybridized carbons (Fsp3) is 0.682. The van der Waals surface area contributed by atoms with Gasteiger partial charge in [0.25, 0.3) is 5.91 Å². The van der Waals surface area contributed by atoms with E-state index in [4.69, 9.17) is 4.74 Å². The number of benzene rings is 1. The molecule has 2 aliphatic rings. The highest BCUT2D eigenvalue weighted by molar-refractivity contribution is 7.89. The van der Waals surface area contributed by atoms with Crippen molar-refractivity contribution in [1.29, 1.82) is 0 Å². The lowest BCUT2D eigenvalue weighted by molar-refractivity contribution is 0.0930. The van der Waals surface area contributed by atoms with E-state index >= 15 is 0 Å². The summed E-state index contributed by atoms with van der Waals surface area (Å²) >= 11 is 0. The predicted octanol–water partition coefficient (Wildman–Crippen LogP) is 3.01. The monoisotopic (exact) mass is 437 g/mol. The van der Waals surface area contributed by atoms with Gasteiger partial charge in [-0.15, -0.1) is 0 Å². The number of hydrogen-bond acceptors (Lipinski definition) is 5. The highest BCUT2D eigenvalue weighted by atomic mass is 32.2. The average molecular weight is 438 g/mol. The molecule has 7 nitrogen and oxygen atoms in total. The van der Waals surface area contributed by atoms with E-state index in [1.54, 1.807) is 23.5 Å². The zero-order valence-electron chi connectivity index (χ0n) is 18.2. The summed E-state index contributed by atoms with van der Waals surface area (Å²) in [6, 6.07) is 5.00. The Labute approximate surface area is 180 Å². The lowest BCUT2D eigenvalue weighted by Crippen LogP contribution is -2.37. The fourth-order valence-electron chi connectivity index (χ4n) is 4.19. The number of nitrogens with one attached hydrogen (secondary N) is 1. The number of sulfonamides is 1. The third-order valence-corrected chi connectivity index (χ3v) is 7.89. The number of hydrogen-bond donors (Lipinski definition) is 1. The highest BCUT2D eigenvalue weighted by Gasteiger charge is 2.28. The van der Waals surface area contributed by atoms with Crippen molar-refractivity contribution >= 4 is 21.6 Å². The van der Waals surface area contributed by atoms with E-state index in [9.17, 15) is 13.2 Å². The van der Waals surface area contributed by atoms with Crippen LogP contribution >= 0.6 is 0 Å². The minimum atomic E-state index is -3.59. The van der Waals surface area contributed by atoms with Gasteiger partial charge in [-0.1, -0.05) is 6.42 Å². The summed E-state index contributed by atoms with van der Waals surface area (Å²) in [5.74, 6) is -0.227. The molecule has 2 aliphatic heterocycles. The molecule has 1 aromatic rings. The average Bonchev–Trinajstić information content (AvgIpc) is 2.78. The molecule has 1 aromatic carbocycles. The summed E-state index contributed by atoms with van der Waals surface area (Å²) in [6.45, 7) is 5.36. The SMILES string of the molecule is COCCC(C)NC(=O)c1cc(S(=O)(=O)N2CCCCC2)ccc1N1CCCCC1. The largest absolute Gasteiger partial charge is 0.385 e. The summed E-state index contributed by atoms with van der Waals surface area (Å²) in [5, 5.41) is 3.01. The van der Waals surface area contributed by atoms with Crippen LogP contribution in [0.5, 0.6) is 0 Å². The number of carbonyl (C=O) groups excluding carboxylic acids is 1. The molecular weight excluding hydrogens is 402 g/mol. The van der Waals surface area contributed by atoms with Crippen LogP contribution in [0.3, 0.4) is 0 Å². The van der Waals surface area contributed by atoms with Gasteiger partial charge in [0.05, 0.1) is 10.5 Å². The van der Waals surface area contributed by atoms with Gasteiger partial charge in [-0.2, -0.15) is 4.31 Å². The van der Waals surface area contributed by atoms with E-state index < -0.39 is 10.0 Å². The van der Waals surface area contributed by atoms with Gasteiger partial charge < -0.3 is 15.0 Å². The third kappa shape index (κ3) is 5.53. The summed E-state index contributed by atoms with van der Waals surface area (Å²) in [6.07, 6.45) is 6.89. The van der Waals surface area contributed by atoms with E-state index in [0.717, 1.165) is 50.9 Å².